The molecule has 26 heavy (non-hydrogen) atoms. The van der Waals surface area contributed by atoms with E-state index in [1.54, 1.807) is 6.07 Å². The number of nitro groups is 1. The summed E-state index contributed by atoms with van der Waals surface area (Å²) < 4.78 is 0. The molecule has 1 rings (SSSR count). The molecule has 1 aromatic rings. The summed E-state index contributed by atoms with van der Waals surface area (Å²) in [5.74, 6) is -2.63. The molecule has 0 radical (unpaired) electrons. The zero-order valence-corrected chi connectivity index (χ0v) is 13.5. The summed E-state index contributed by atoms with van der Waals surface area (Å²) in [6.45, 7) is 6.73. The second-order valence-electron chi connectivity index (χ2n) is 4.76. The van der Waals surface area contributed by atoms with Crippen LogP contribution in [0.15, 0.2) is 47.1 Å². The third-order valence-corrected chi connectivity index (χ3v) is 3.13. The van der Waals surface area contributed by atoms with Gasteiger partial charge in [-0.25, -0.2) is 0 Å². The number of carbonyl (C=O) groups excluding carboxylic acids is 1. The minimum Gasteiger partial charge on any atom is -0.504 e. The summed E-state index contributed by atoms with van der Waals surface area (Å²) in [6, 6.07) is 3.34. The van der Waals surface area contributed by atoms with Gasteiger partial charge < -0.3 is 21.3 Å². The predicted molar refractivity (Wildman–Crippen MR) is 94.0 cm³/mol. The van der Waals surface area contributed by atoms with Gasteiger partial charge in [0.2, 0.25) is 5.75 Å². The lowest BCUT2D eigenvalue weighted by atomic mass is 10.1. The maximum atomic E-state index is 12.2. The maximum absolute atomic E-state index is 12.2. The summed E-state index contributed by atoms with van der Waals surface area (Å²) in [5.41, 5.74) is 4.17. The Morgan fingerprint density at radius 1 is 1.50 bits per heavy atom. The number of nitro benzene ring substituents is 1. The summed E-state index contributed by atoms with van der Waals surface area (Å²) in [6.07, 6.45) is 2.93. The monoisotopic (exact) mass is 357 g/mol. The lowest BCUT2D eigenvalue weighted by Crippen LogP contribution is -2.28. The van der Waals surface area contributed by atoms with Gasteiger partial charge in [0.25, 0.3) is 5.91 Å². The molecule has 0 aliphatic carbocycles. The zero-order valence-electron chi connectivity index (χ0n) is 13.5. The van der Waals surface area contributed by atoms with E-state index in [1.807, 2.05) is 0 Å². The van der Waals surface area contributed by atoms with Crippen LogP contribution in [0, 0.1) is 21.4 Å². The van der Waals surface area contributed by atoms with Crippen molar-refractivity contribution in [3.63, 3.8) is 0 Å². The average molecular weight is 357 g/mol. The number of amides is 1. The molecule has 10 nitrogen and oxygen atoms in total. The van der Waals surface area contributed by atoms with Crippen LogP contribution in [0.2, 0.25) is 0 Å². The van der Waals surface area contributed by atoms with E-state index in [2.05, 4.69) is 23.6 Å². The Kier molecular flexibility index (Phi) is 6.62. The van der Waals surface area contributed by atoms with Crippen molar-refractivity contribution < 1.29 is 19.9 Å². The Morgan fingerprint density at radius 3 is 2.65 bits per heavy atom. The number of carbonyl (C=O) groups is 1. The SMILES string of the molecule is C=C/C=C(/CNC(=O)/C(C#N)=C(\N)c1cc(O)c(O)c([N+](=O)[O-])c1)N=C. The van der Waals surface area contributed by atoms with Crippen LogP contribution in [0.4, 0.5) is 5.69 Å². The Morgan fingerprint density at radius 2 is 2.15 bits per heavy atom. The number of allylic oxidation sites excluding steroid dienone is 2. The van der Waals surface area contributed by atoms with Crippen molar-refractivity contribution in [2.24, 2.45) is 10.7 Å². The normalized spacial score (nSPS) is 11.7. The molecule has 0 aromatic heterocycles. The second kappa shape index (κ2) is 8.65. The van der Waals surface area contributed by atoms with Crippen LogP contribution < -0.4 is 11.1 Å². The summed E-state index contributed by atoms with van der Waals surface area (Å²) in [5, 5.41) is 41.5. The van der Waals surface area contributed by atoms with E-state index in [-0.39, 0.29) is 12.1 Å². The number of nitrogens with zero attached hydrogens (tertiary/aromatic N) is 3. The molecule has 5 N–H and O–H groups in total. The zero-order chi connectivity index (χ0) is 19.9. The van der Waals surface area contributed by atoms with Gasteiger partial charge in [0.1, 0.15) is 11.6 Å². The number of aromatic hydroxyl groups is 2. The number of nitrogens with two attached hydrogens (primary N) is 1. The Hall–Kier alpha value is -4.13. The van der Waals surface area contributed by atoms with E-state index in [1.165, 1.54) is 12.2 Å². The third kappa shape index (κ3) is 4.45. The first kappa shape index (κ1) is 19.9. The van der Waals surface area contributed by atoms with Gasteiger partial charge in [-0.3, -0.25) is 19.9 Å². The van der Waals surface area contributed by atoms with Gasteiger partial charge in [0.05, 0.1) is 22.9 Å². The summed E-state index contributed by atoms with van der Waals surface area (Å²) >= 11 is 0. The summed E-state index contributed by atoms with van der Waals surface area (Å²) in [7, 11) is 0. The molecule has 1 aromatic carbocycles. The standard InChI is InChI=1S/C16H15N5O5/c1-3-4-10(19-2)8-20-16(24)11(7-17)14(18)9-5-12(21(25)26)15(23)13(22)6-9/h3-6,22-23H,1-2,8,18H2,(H,20,24)/b10-4-,14-11-. The van der Waals surface area contributed by atoms with Gasteiger partial charge in [0.15, 0.2) is 5.75 Å². The number of hydrogen-bond acceptors (Lipinski definition) is 8. The Balaban J connectivity index is 3.27. The molecule has 0 aliphatic rings. The van der Waals surface area contributed by atoms with Crippen LogP contribution in [-0.4, -0.2) is 34.3 Å². The van der Waals surface area contributed by atoms with E-state index in [9.17, 15) is 30.4 Å². The molecular weight excluding hydrogens is 342 g/mol. The van der Waals surface area contributed by atoms with Crippen LogP contribution in [0.3, 0.4) is 0 Å². The van der Waals surface area contributed by atoms with Gasteiger partial charge >= 0.3 is 5.69 Å². The molecule has 0 aliphatic heterocycles. The number of phenolic OH excluding ortho intramolecular Hbond substituents is 2. The molecule has 0 fully saturated rings. The molecule has 0 spiro atoms. The molecule has 10 heteroatoms. The average Bonchev–Trinajstić information content (AvgIpc) is 2.60. The van der Waals surface area contributed by atoms with E-state index in [4.69, 9.17) is 5.73 Å². The minimum atomic E-state index is -0.953. The van der Waals surface area contributed by atoms with Crippen molar-refractivity contribution in [3.05, 3.63) is 57.8 Å². The van der Waals surface area contributed by atoms with Crippen molar-refractivity contribution in [2.45, 2.75) is 0 Å². The number of rotatable bonds is 7. The second-order valence-corrected chi connectivity index (χ2v) is 4.76. The van der Waals surface area contributed by atoms with E-state index in [0.717, 1.165) is 12.1 Å². The Bertz CT molecular complexity index is 880. The van der Waals surface area contributed by atoms with Crippen molar-refractivity contribution >= 4 is 24.0 Å². The van der Waals surface area contributed by atoms with Crippen molar-refractivity contribution in [1.29, 1.82) is 5.26 Å². The van der Waals surface area contributed by atoms with Gasteiger partial charge in [-0.1, -0.05) is 12.7 Å². The molecule has 134 valence electrons. The number of nitrogens with one attached hydrogen (secondary N) is 1. The van der Waals surface area contributed by atoms with Crippen LogP contribution in [-0.2, 0) is 4.79 Å². The Labute approximate surface area is 148 Å². The molecule has 0 atom stereocenters. The largest absolute Gasteiger partial charge is 0.504 e. The lowest BCUT2D eigenvalue weighted by Gasteiger charge is -2.09. The fourth-order valence-corrected chi connectivity index (χ4v) is 1.84. The quantitative estimate of drug-likeness (QED) is 0.107. The van der Waals surface area contributed by atoms with Crippen LogP contribution in [0.5, 0.6) is 11.5 Å². The number of nitriles is 1. The van der Waals surface area contributed by atoms with Gasteiger partial charge in [-0.15, -0.1) is 0 Å². The van der Waals surface area contributed by atoms with Crippen LogP contribution >= 0.6 is 0 Å². The third-order valence-electron chi connectivity index (χ3n) is 3.13. The number of benzene rings is 1. The number of aliphatic imine (C=N–C) groups is 1. The highest BCUT2D eigenvalue weighted by molar-refractivity contribution is 6.04. The lowest BCUT2D eigenvalue weighted by molar-refractivity contribution is -0.386. The van der Waals surface area contributed by atoms with Crippen molar-refractivity contribution in [3.8, 4) is 17.6 Å². The van der Waals surface area contributed by atoms with Gasteiger partial charge in [-0.05, 0) is 18.9 Å². The number of hydrogen-bond donors (Lipinski definition) is 4. The first-order chi connectivity index (χ1) is 12.3. The molecule has 0 saturated heterocycles. The van der Waals surface area contributed by atoms with Crippen LogP contribution in [0.25, 0.3) is 5.70 Å². The maximum Gasteiger partial charge on any atom is 0.315 e. The van der Waals surface area contributed by atoms with Gasteiger partial charge in [0, 0.05) is 11.6 Å². The van der Waals surface area contributed by atoms with E-state index < -0.39 is 39.3 Å². The van der Waals surface area contributed by atoms with Crippen LogP contribution in [0.1, 0.15) is 5.56 Å². The molecule has 0 heterocycles. The highest BCUT2D eigenvalue weighted by Crippen LogP contribution is 2.37. The molecule has 1 amide bonds. The van der Waals surface area contributed by atoms with Crippen molar-refractivity contribution in [2.75, 3.05) is 6.54 Å². The van der Waals surface area contributed by atoms with Crippen molar-refractivity contribution in [1.82, 2.24) is 5.32 Å². The highest BCUT2D eigenvalue weighted by atomic mass is 16.6. The minimum absolute atomic E-state index is 0.0617. The predicted octanol–water partition coefficient (Wildman–Crippen LogP) is 1.09. The fraction of sp³-hybridized carbons (Fsp3) is 0.0625. The molecule has 0 bridgehead atoms. The smallest absolute Gasteiger partial charge is 0.315 e. The topological polar surface area (TPSA) is 175 Å². The fourth-order valence-electron chi connectivity index (χ4n) is 1.84. The first-order valence-corrected chi connectivity index (χ1v) is 6.93. The van der Waals surface area contributed by atoms with E-state index >= 15 is 0 Å². The molecule has 0 saturated carbocycles. The van der Waals surface area contributed by atoms with E-state index in [0.29, 0.717) is 5.70 Å². The number of phenols is 2. The first-order valence-electron chi connectivity index (χ1n) is 6.93. The van der Waals surface area contributed by atoms with Gasteiger partial charge in [-0.2, -0.15) is 5.26 Å². The summed E-state index contributed by atoms with van der Waals surface area (Å²) in [4.78, 5) is 25.8. The highest BCUT2D eigenvalue weighted by Gasteiger charge is 2.22. The molecular formula is C16H15N5O5. The molecule has 0 unspecified atom stereocenters.